The van der Waals surface area contributed by atoms with Gasteiger partial charge in [-0.25, -0.2) is 4.79 Å². The van der Waals surface area contributed by atoms with Crippen LogP contribution in [-0.4, -0.2) is 15.7 Å². The van der Waals surface area contributed by atoms with Gasteiger partial charge in [-0.3, -0.25) is 4.68 Å². The van der Waals surface area contributed by atoms with Gasteiger partial charge >= 0.3 is 5.97 Å². The van der Waals surface area contributed by atoms with E-state index in [0.717, 1.165) is 5.69 Å². The van der Waals surface area contributed by atoms with Crippen molar-refractivity contribution in [2.75, 3.05) is 5.73 Å². The average Bonchev–Trinajstić information content (AvgIpc) is 2.71. The largest absolute Gasteiger partial charge is 0.455 e. The van der Waals surface area contributed by atoms with Crippen LogP contribution >= 0.6 is 23.2 Å². The number of nitrogens with two attached hydrogens (primary N) is 1. The van der Waals surface area contributed by atoms with Crippen molar-refractivity contribution in [1.29, 1.82) is 0 Å². The van der Waals surface area contributed by atoms with Gasteiger partial charge in [0.2, 0.25) is 0 Å². The van der Waals surface area contributed by atoms with E-state index >= 15 is 0 Å². The Kier molecular flexibility index (Phi) is 4.75. The molecule has 7 heteroatoms. The van der Waals surface area contributed by atoms with E-state index in [1.165, 1.54) is 0 Å². The topological polar surface area (TPSA) is 70.1 Å². The molecule has 0 saturated heterocycles. The second-order valence-corrected chi connectivity index (χ2v) is 5.25. The number of carbonyl (C=O) groups is 1. The van der Waals surface area contributed by atoms with Gasteiger partial charge in [0.05, 0.1) is 21.4 Å². The van der Waals surface area contributed by atoms with Crippen molar-refractivity contribution in [3.05, 3.63) is 45.2 Å². The number of benzene rings is 1. The highest BCUT2D eigenvalue weighted by Crippen LogP contribution is 2.25. The summed E-state index contributed by atoms with van der Waals surface area (Å²) < 4.78 is 6.85. The summed E-state index contributed by atoms with van der Waals surface area (Å²) in [5.41, 5.74) is 7.58. The minimum Gasteiger partial charge on any atom is -0.455 e. The van der Waals surface area contributed by atoms with Gasteiger partial charge in [-0.1, -0.05) is 36.2 Å². The fourth-order valence-corrected chi connectivity index (χ4v) is 2.55. The second-order valence-electron chi connectivity index (χ2n) is 4.46. The van der Waals surface area contributed by atoms with E-state index < -0.39 is 5.97 Å². The first kappa shape index (κ1) is 15.7. The first-order valence-electron chi connectivity index (χ1n) is 6.37. The van der Waals surface area contributed by atoms with Crippen LogP contribution < -0.4 is 5.73 Å². The molecule has 0 radical (unpaired) electrons. The van der Waals surface area contributed by atoms with Crippen LogP contribution in [0.1, 0.15) is 28.7 Å². The number of hydrogen-bond donors (Lipinski definition) is 1. The highest BCUT2D eigenvalue weighted by molar-refractivity contribution is 6.34. The Morgan fingerprint density at radius 3 is 2.71 bits per heavy atom. The molecule has 0 atom stereocenters. The number of esters is 1. The van der Waals surface area contributed by atoms with Crippen molar-refractivity contribution in [2.24, 2.45) is 7.05 Å². The molecule has 2 aromatic rings. The molecule has 0 amide bonds. The molecule has 5 nitrogen and oxygen atoms in total. The summed E-state index contributed by atoms with van der Waals surface area (Å²) in [7, 11) is 1.75. The molecule has 0 aliphatic heterocycles. The fraction of sp³-hybridized carbons (Fsp3) is 0.286. The van der Waals surface area contributed by atoms with E-state index in [-0.39, 0.29) is 22.9 Å². The summed E-state index contributed by atoms with van der Waals surface area (Å²) in [5, 5.41) is 5.03. The normalized spacial score (nSPS) is 10.7. The lowest BCUT2D eigenvalue weighted by Crippen LogP contribution is -2.11. The smallest absolute Gasteiger partial charge is 0.342 e. The minimum atomic E-state index is -0.589. The predicted octanol–water partition coefficient (Wildman–Crippen LogP) is 3.23. The molecule has 1 aromatic heterocycles. The number of carbonyl (C=O) groups excluding carboxylic acids is 1. The first-order valence-corrected chi connectivity index (χ1v) is 7.12. The molecular weight excluding hydrogens is 313 g/mol. The van der Waals surface area contributed by atoms with Crippen LogP contribution in [0.5, 0.6) is 0 Å². The van der Waals surface area contributed by atoms with Crippen LogP contribution in [0, 0.1) is 0 Å². The number of hydrogen-bond acceptors (Lipinski definition) is 4. The summed E-state index contributed by atoms with van der Waals surface area (Å²) in [5.74, 6) is -0.589. The van der Waals surface area contributed by atoms with Gasteiger partial charge < -0.3 is 10.5 Å². The van der Waals surface area contributed by atoms with Gasteiger partial charge in [0.25, 0.3) is 0 Å². The lowest BCUT2D eigenvalue weighted by Gasteiger charge is -2.09. The van der Waals surface area contributed by atoms with Crippen LogP contribution in [0.4, 0.5) is 5.69 Å². The molecule has 1 heterocycles. The van der Waals surface area contributed by atoms with Gasteiger partial charge in [-0.15, -0.1) is 0 Å². The molecule has 0 aliphatic carbocycles. The molecule has 0 fully saturated rings. The molecule has 2 N–H and O–H groups in total. The van der Waals surface area contributed by atoms with E-state index in [1.807, 2.05) is 6.92 Å². The van der Waals surface area contributed by atoms with Gasteiger partial charge in [0.1, 0.15) is 12.2 Å². The van der Waals surface area contributed by atoms with Crippen LogP contribution in [0.3, 0.4) is 0 Å². The first-order chi connectivity index (χ1) is 9.95. The van der Waals surface area contributed by atoms with Crippen molar-refractivity contribution in [2.45, 2.75) is 20.0 Å². The lowest BCUT2D eigenvalue weighted by atomic mass is 10.2. The summed E-state index contributed by atoms with van der Waals surface area (Å²) in [6, 6.07) is 4.84. The maximum absolute atomic E-state index is 12.1. The van der Waals surface area contributed by atoms with Crippen molar-refractivity contribution in [3.8, 4) is 0 Å². The summed E-state index contributed by atoms with van der Waals surface area (Å²) in [6.07, 6.45) is 0.706. The monoisotopic (exact) mass is 327 g/mol. The maximum Gasteiger partial charge on any atom is 0.342 e. The zero-order chi connectivity index (χ0) is 15.6. The number of nitrogens with zero attached hydrogens (tertiary/aromatic N) is 2. The maximum atomic E-state index is 12.1. The number of rotatable bonds is 4. The van der Waals surface area contributed by atoms with Gasteiger partial charge in [-0.05, 0) is 18.6 Å². The molecule has 0 unspecified atom stereocenters. The molecule has 1 aromatic carbocycles. The van der Waals surface area contributed by atoms with Gasteiger partial charge in [-0.2, -0.15) is 5.10 Å². The summed E-state index contributed by atoms with van der Waals surface area (Å²) in [6.45, 7) is 1.96. The van der Waals surface area contributed by atoms with Crippen LogP contribution in [-0.2, 0) is 24.8 Å². The van der Waals surface area contributed by atoms with Crippen LogP contribution in [0.25, 0.3) is 0 Å². The van der Waals surface area contributed by atoms with Gasteiger partial charge in [0.15, 0.2) is 0 Å². The van der Waals surface area contributed by atoms with E-state index in [2.05, 4.69) is 5.10 Å². The molecular formula is C14H15Cl2N3O2. The van der Waals surface area contributed by atoms with Crippen LogP contribution in [0.15, 0.2) is 18.2 Å². The average molecular weight is 328 g/mol. The highest BCUT2D eigenvalue weighted by atomic mass is 35.5. The van der Waals surface area contributed by atoms with Crippen molar-refractivity contribution in [3.63, 3.8) is 0 Å². The number of nitrogen functional groups attached to an aromatic ring is 1. The quantitative estimate of drug-likeness (QED) is 0.691. The molecule has 21 heavy (non-hydrogen) atoms. The Bertz CT molecular complexity index is 663. The van der Waals surface area contributed by atoms with Gasteiger partial charge in [0, 0.05) is 12.7 Å². The third kappa shape index (κ3) is 3.14. The Balaban J connectivity index is 2.17. The van der Waals surface area contributed by atoms with Crippen molar-refractivity contribution < 1.29 is 9.53 Å². The molecule has 0 saturated carbocycles. The Hall–Kier alpha value is -1.72. The Morgan fingerprint density at radius 1 is 1.43 bits per heavy atom. The Morgan fingerprint density at radius 2 is 2.14 bits per heavy atom. The zero-order valence-corrected chi connectivity index (χ0v) is 13.2. The lowest BCUT2D eigenvalue weighted by molar-refractivity contribution is 0.0465. The second kappa shape index (κ2) is 6.37. The van der Waals surface area contributed by atoms with Crippen LogP contribution in [0.2, 0.25) is 10.0 Å². The van der Waals surface area contributed by atoms with E-state index in [0.29, 0.717) is 17.1 Å². The molecule has 0 aliphatic rings. The highest BCUT2D eigenvalue weighted by Gasteiger charge is 2.18. The van der Waals surface area contributed by atoms with E-state index in [4.69, 9.17) is 33.7 Å². The number of ether oxygens (including phenoxy) is 1. The molecule has 2 rings (SSSR count). The van der Waals surface area contributed by atoms with Crippen molar-refractivity contribution >= 4 is 34.9 Å². The number of aryl methyl sites for hydroxylation is 2. The number of halogens is 2. The molecule has 0 bridgehead atoms. The Labute approximate surface area is 132 Å². The van der Waals surface area contributed by atoms with E-state index in [1.54, 1.807) is 29.9 Å². The fourth-order valence-electron chi connectivity index (χ4n) is 1.94. The SMILES string of the molecule is CCc1nn(C)c(COC(=O)c2c(N)cccc2Cl)c1Cl. The molecule has 0 spiro atoms. The number of aromatic nitrogens is 2. The molecule has 112 valence electrons. The zero-order valence-electron chi connectivity index (χ0n) is 11.7. The van der Waals surface area contributed by atoms with E-state index in [9.17, 15) is 4.79 Å². The summed E-state index contributed by atoms with van der Waals surface area (Å²) >= 11 is 12.2. The third-order valence-electron chi connectivity index (χ3n) is 3.09. The summed E-state index contributed by atoms with van der Waals surface area (Å²) in [4.78, 5) is 12.1. The third-order valence-corrected chi connectivity index (χ3v) is 3.84. The standard InChI is InChI=1S/C14H15Cl2N3O2/c1-3-10-13(16)11(19(2)18-10)7-21-14(20)12-8(15)5-4-6-9(12)17/h4-6H,3,7,17H2,1-2H3. The number of anilines is 1. The minimum absolute atomic E-state index is 0.00578. The predicted molar refractivity (Wildman–Crippen MR) is 82.6 cm³/mol. The van der Waals surface area contributed by atoms with Crippen molar-refractivity contribution in [1.82, 2.24) is 9.78 Å².